The van der Waals surface area contributed by atoms with Gasteiger partial charge < -0.3 is 13.3 Å². The maximum Gasteiger partial charge on any atom is 0.537 e. The molecule has 0 radical (unpaired) electrons. The molecule has 8 heteroatoms. The van der Waals surface area contributed by atoms with Gasteiger partial charge in [0.2, 0.25) is 0 Å². The first-order chi connectivity index (χ1) is 43.1. The Labute approximate surface area is 552 Å². The fourth-order valence-electron chi connectivity index (χ4n) is 12.6. The van der Waals surface area contributed by atoms with Crippen molar-refractivity contribution in [3.63, 3.8) is 0 Å². The van der Waals surface area contributed by atoms with E-state index < -0.39 is 25.0 Å². The average molecular weight is 1280 g/mol. The van der Waals surface area contributed by atoms with Crippen molar-refractivity contribution in [3.05, 3.63) is 132 Å². The Hall–Kier alpha value is -3.45. The van der Waals surface area contributed by atoms with E-state index in [1.807, 2.05) is 22.7 Å². The summed E-state index contributed by atoms with van der Waals surface area (Å²) >= 11 is 4.03. The van der Waals surface area contributed by atoms with Gasteiger partial charge in [0.05, 0.1) is 16.1 Å². The maximum atomic E-state index is 6.69. The SMILES string of the molecule is CCCCCCCCCCc1ccc(/C=C/c2cc([Si](CCCC)(CCCC)CCCC)c(/C=C/c3ccc(/C=C/c4sc(/C=C/c5ccc([Si](OCCCC)(OCCCC)OCCCC)cc5)cc4[Si](CCCC)(CCCC)CCCC)cc3)s2)cc1. The third-order valence-corrected chi connectivity index (χ3v) is 34.6. The van der Waals surface area contributed by atoms with Gasteiger partial charge in [0.1, 0.15) is 0 Å². The van der Waals surface area contributed by atoms with Gasteiger partial charge >= 0.3 is 8.80 Å². The van der Waals surface area contributed by atoms with Gasteiger partial charge in [-0.05, 0) is 107 Å². The minimum absolute atomic E-state index is 0.661. The summed E-state index contributed by atoms with van der Waals surface area (Å²) in [6.07, 6.45) is 53.3. The topological polar surface area (TPSA) is 27.7 Å². The molecule has 0 aliphatic heterocycles. The lowest BCUT2D eigenvalue weighted by molar-refractivity contribution is 0.0700. The summed E-state index contributed by atoms with van der Waals surface area (Å²) in [6.45, 7) is 25.3. The molecule has 0 N–H and O–H groups in total. The number of hydrogen-bond donors (Lipinski definition) is 0. The molecule has 0 atom stereocenters. The van der Waals surface area contributed by atoms with Gasteiger partial charge in [0.25, 0.3) is 0 Å². The van der Waals surface area contributed by atoms with Crippen LogP contribution in [0.4, 0.5) is 0 Å². The molecule has 0 saturated heterocycles. The van der Waals surface area contributed by atoms with Crippen LogP contribution >= 0.6 is 22.7 Å². The summed E-state index contributed by atoms with van der Waals surface area (Å²) in [5.41, 5.74) is 6.51. The van der Waals surface area contributed by atoms with E-state index in [9.17, 15) is 0 Å². The molecule has 0 aliphatic rings. The van der Waals surface area contributed by atoms with Crippen LogP contribution in [0.3, 0.4) is 0 Å². The van der Waals surface area contributed by atoms with E-state index in [-0.39, 0.29) is 0 Å². The third-order valence-electron chi connectivity index (χ3n) is 18.4. The summed E-state index contributed by atoms with van der Waals surface area (Å²) in [7, 11) is -6.68. The van der Waals surface area contributed by atoms with Crippen molar-refractivity contribution in [1.82, 2.24) is 0 Å². The van der Waals surface area contributed by atoms with Crippen molar-refractivity contribution in [2.45, 2.75) is 279 Å². The molecule has 0 spiro atoms. The van der Waals surface area contributed by atoms with E-state index in [1.165, 1.54) is 218 Å². The van der Waals surface area contributed by atoms with E-state index in [0.29, 0.717) is 19.8 Å². The monoisotopic (exact) mass is 1280 g/mol. The molecule has 0 bridgehead atoms. The Morgan fingerprint density at radius 1 is 0.307 bits per heavy atom. The van der Waals surface area contributed by atoms with E-state index in [2.05, 4.69) is 203 Å². The molecule has 5 rings (SSSR count). The zero-order valence-electron chi connectivity index (χ0n) is 57.7. The van der Waals surface area contributed by atoms with Gasteiger partial charge in [-0.1, -0.05) is 344 Å². The fraction of sp³-hybridized carbons (Fsp3) is 0.575. The molecule has 0 unspecified atom stereocenters. The van der Waals surface area contributed by atoms with Crippen molar-refractivity contribution >= 4 is 112 Å². The van der Waals surface area contributed by atoms with Crippen LogP contribution < -0.4 is 15.6 Å². The van der Waals surface area contributed by atoms with Crippen LogP contribution in [0.2, 0.25) is 36.3 Å². The van der Waals surface area contributed by atoms with Gasteiger partial charge in [-0.2, -0.15) is 0 Å². The van der Waals surface area contributed by atoms with Crippen LogP contribution in [-0.4, -0.2) is 44.8 Å². The highest BCUT2D eigenvalue weighted by molar-refractivity contribution is 7.17. The van der Waals surface area contributed by atoms with Crippen LogP contribution in [-0.2, 0) is 19.7 Å². The van der Waals surface area contributed by atoms with Gasteiger partial charge in [-0.3, -0.25) is 0 Å². The lowest BCUT2D eigenvalue weighted by Gasteiger charge is -2.33. The zero-order valence-corrected chi connectivity index (χ0v) is 62.3. The van der Waals surface area contributed by atoms with E-state index in [0.717, 1.165) is 43.7 Å². The molecule has 88 heavy (non-hydrogen) atoms. The normalized spacial score (nSPS) is 12.7. The molecule has 0 aliphatic carbocycles. The second-order valence-electron chi connectivity index (χ2n) is 25.8. The number of hydrogen-bond acceptors (Lipinski definition) is 5. The second-order valence-corrected chi connectivity index (χ2v) is 39.8. The van der Waals surface area contributed by atoms with Gasteiger partial charge in [0, 0.05) is 44.5 Å². The first-order valence-corrected chi connectivity index (χ1v) is 45.0. The van der Waals surface area contributed by atoms with Crippen LogP contribution in [0.5, 0.6) is 0 Å². The summed E-state index contributed by atoms with van der Waals surface area (Å²) < 4.78 is 20.1. The van der Waals surface area contributed by atoms with Crippen LogP contribution in [0.25, 0.3) is 48.6 Å². The number of benzene rings is 3. The van der Waals surface area contributed by atoms with Crippen molar-refractivity contribution in [1.29, 1.82) is 0 Å². The predicted molar refractivity (Wildman–Crippen MR) is 407 cm³/mol. The van der Waals surface area contributed by atoms with Crippen molar-refractivity contribution in [2.24, 2.45) is 0 Å². The Balaban J connectivity index is 1.46. The number of unbranched alkanes of at least 4 members (excludes halogenated alkanes) is 16. The second kappa shape index (κ2) is 44.2. The number of thiophene rings is 2. The molecule has 3 nitrogen and oxygen atoms in total. The highest BCUT2D eigenvalue weighted by Gasteiger charge is 2.44. The predicted octanol–water partition coefficient (Wildman–Crippen LogP) is 24.9. The summed E-state index contributed by atoms with van der Waals surface area (Å²) in [5, 5.41) is 4.50. The van der Waals surface area contributed by atoms with Crippen molar-refractivity contribution in [3.8, 4) is 0 Å². The Morgan fingerprint density at radius 3 is 0.943 bits per heavy atom. The van der Waals surface area contributed by atoms with E-state index in [4.69, 9.17) is 13.3 Å². The molecule has 0 fully saturated rings. The average Bonchev–Trinajstić information content (AvgIpc) is 3.13. The minimum atomic E-state index is -3.08. The van der Waals surface area contributed by atoms with Gasteiger partial charge in [-0.25, -0.2) is 0 Å². The quantitative estimate of drug-likeness (QED) is 0.0287. The van der Waals surface area contributed by atoms with Crippen molar-refractivity contribution in [2.75, 3.05) is 19.8 Å². The van der Waals surface area contributed by atoms with Gasteiger partial charge in [0.15, 0.2) is 0 Å². The molecule has 0 amide bonds. The largest absolute Gasteiger partial charge is 0.537 e. The molecule has 2 heterocycles. The minimum Gasteiger partial charge on any atom is -0.370 e. The fourth-order valence-corrected chi connectivity index (χ4v) is 30.2. The molecule has 3 aromatic carbocycles. The smallest absolute Gasteiger partial charge is 0.370 e. The standard InChI is InChI=1S/C80H124O3S2Si3/c1-11-21-31-32-33-34-35-36-37-69-38-40-70(41-39-69)46-52-74-67-79(86(61-25-15-5,62-26-16-6)63-27-17-7)77(84-74)56-50-71-42-44-72(45-43-71)51-57-78-80(87(64-28-18-8,65-29-19-9)66-30-20-10)68-75(85-78)53-47-73-48-54-76(55-49-73)88(81-58-22-12-2,82-59-23-13-3)83-60-24-14-4/h38-57,67-68H,11-37,58-66H2,1-10H3/b52-46+,53-47+,56-50+,57-51+. The molecule has 2 aromatic heterocycles. The zero-order chi connectivity index (χ0) is 63.0. The number of rotatable bonds is 50. The Bertz CT molecular complexity index is 2640. The molecular formula is C80H124O3S2Si3. The van der Waals surface area contributed by atoms with E-state index in [1.54, 1.807) is 10.4 Å². The Morgan fingerprint density at radius 2 is 0.602 bits per heavy atom. The Kier molecular flexibility index (Phi) is 37.8. The maximum absolute atomic E-state index is 6.69. The first-order valence-electron chi connectivity index (χ1n) is 36.4. The third kappa shape index (κ3) is 25.6. The summed E-state index contributed by atoms with van der Waals surface area (Å²) in [6, 6.07) is 41.5. The number of aryl methyl sites for hydroxylation is 1. The highest BCUT2D eigenvalue weighted by Crippen LogP contribution is 2.36. The van der Waals surface area contributed by atoms with Gasteiger partial charge in [-0.15, -0.1) is 22.7 Å². The molecule has 5 aromatic rings. The lowest BCUT2D eigenvalue weighted by atomic mass is 10.0. The lowest BCUT2D eigenvalue weighted by Crippen LogP contribution is -2.57. The molecular weight excluding hydrogens is 1160 g/mol. The highest BCUT2D eigenvalue weighted by atomic mass is 32.1. The van der Waals surface area contributed by atoms with E-state index >= 15 is 0 Å². The molecule has 0 saturated carbocycles. The van der Waals surface area contributed by atoms with Crippen LogP contribution in [0, 0.1) is 0 Å². The first kappa shape index (κ1) is 75.3. The summed E-state index contributed by atoms with van der Waals surface area (Å²) in [5.74, 6) is 0. The molecule has 486 valence electrons. The summed E-state index contributed by atoms with van der Waals surface area (Å²) in [4.78, 5) is 5.74. The van der Waals surface area contributed by atoms with Crippen molar-refractivity contribution < 1.29 is 13.3 Å². The van der Waals surface area contributed by atoms with Crippen LogP contribution in [0.1, 0.15) is 284 Å². The van der Waals surface area contributed by atoms with Crippen LogP contribution in [0.15, 0.2) is 84.9 Å².